The summed E-state index contributed by atoms with van der Waals surface area (Å²) in [4.78, 5) is 24.8. The molecule has 2 N–H and O–H groups in total. The van der Waals surface area contributed by atoms with Gasteiger partial charge in [0.25, 0.3) is 5.91 Å². The average molecular weight is 389 g/mol. The summed E-state index contributed by atoms with van der Waals surface area (Å²) >= 11 is 5.85. The molecule has 0 fully saturated rings. The second-order valence-corrected chi connectivity index (χ2v) is 6.11. The molecule has 1 amide bonds. The number of carboxylic acid groups (broad SMARTS) is 1. The molecule has 0 aliphatic heterocycles. The van der Waals surface area contributed by atoms with E-state index in [0.717, 1.165) is 0 Å². The molecular formula is C18H14ClFN4O3. The number of benzene rings is 2. The van der Waals surface area contributed by atoms with Crippen molar-refractivity contribution < 1.29 is 19.1 Å². The van der Waals surface area contributed by atoms with Crippen LogP contribution < -0.4 is 5.32 Å². The number of rotatable bonds is 6. The van der Waals surface area contributed by atoms with Crippen molar-refractivity contribution >= 4 is 23.5 Å². The van der Waals surface area contributed by atoms with Crippen LogP contribution in [0.3, 0.4) is 0 Å². The molecule has 1 atom stereocenters. The summed E-state index contributed by atoms with van der Waals surface area (Å²) < 4.78 is 13.0. The third-order valence-corrected chi connectivity index (χ3v) is 3.99. The number of carbonyl (C=O) groups is 2. The van der Waals surface area contributed by atoms with Crippen molar-refractivity contribution in [3.63, 3.8) is 0 Å². The van der Waals surface area contributed by atoms with Gasteiger partial charge in [-0.15, -0.1) is 5.10 Å². The fraction of sp³-hybridized carbons (Fsp3) is 0.111. The van der Waals surface area contributed by atoms with Crippen molar-refractivity contribution in [1.29, 1.82) is 0 Å². The molecule has 0 bridgehead atoms. The summed E-state index contributed by atoms with van der Waals surface area (Å²) in [6.45, 7) is 0. The van der Waals surface area contributed by atoms with E-state index in [1.165, 1.54) is 35.3 Å². The lowest BCUT2D eigenvalue weighted by Crippen LogP contribution is -2.30. The van der Waals surface area contributed by atoms with Gasteiger partial charge in [-0.1, -0.05) is 23.7 Å². The van der Waals surface area contributed by atoms with Crippen molar-refractivity contribution in [3.05, 3.63) is 76.8 Å². The number of nitrogens with one attached hydrogen (secondary N) is 1. The van der Waals surface area contributed by atoms with Crippen molar-refractivity contribution in [3.8, 4) is 5.69 Å². The monoisotopic (exact) mass is 388 g/mol. The van der Waals surface area contributed by atoms with E-state index in [2.05, 4.69) is 15.5 Å². The van der Waals surface area contributed by atoms with E-state index in [1.807, 2.05) is 0 Å². The van der Waals surface area contributed by atoms with E-state index in [9.17, 15) is 14.0 Å². The number of hydrogen-bond donors (Lipinski definition) is 2. The maximum atomic E-state index is 13.0. The number of aliphatic carboxylic acids is 1. The first kappa shape index (κ1) is 18.5. The van der Waals surface area contributed by atoms with Gasteiger partial charge in [-0.25, -0.2) is 4.39 Å². The van der Waals surface area contributed by atoms with Crippen LogP contribution in [-0.2, 0) is 4.79 Å². The topological polar surface area (TPSA) is 97.1 Å². The summed E-state index contributed by atoms with van der Waals surface area (Å²) in [5.41, 5.74) is 1.08. The molecule has 0 spiro atoms. The van der Waals surface area contributed by atoms with E-state index >= 15 is 0 Å². The van der Waals surface area contributed by atoms with Gasteiger partial charge in [-0.3, -0.25) is 9.59 Å². The van der Waals surface area contributed by atoms with Crippen LogP contribution in [0.1, 0.15) is 28.5 Å². The molecule has 0 saturated carbocycles. The fourth-order valence-corrected chi connectivity index (χ4v) is 2.55. The predicted octanol–water partition coefficient (Wildman–Crippen LogP) is 3.01. The Hall–Kier alpha value is -3.26. The minimum absolute atomic E-state index is 0.00340. The highest BCUT2D eigenvalue weighted by molar-refractivity contribution is 6.30. The summed E-state index contributed by atoms with van der Waals surface area (Å²) in [6, 6.07) is 11.2. The van der Waals surface area contributed by atoms with Crippen molar-refractivity contribution in [2.75, 3.05) is 0 Å². The van der Waals surface area contributed by atoms with Crippen LogP contribution in [-0.4, -0.2) is 32.0 Å². The first-order chi connectivity index (χ1) is 12.9. The average Bonchev–Trinajstić information content (AvgIpc) is 3.12. The van der Waals surface area contributed by atoms with Gasteiger partial charge in [0.1, 0.15) is 5.82 Å². The number of aromatic nitrogens is 3. The summed E-state index contributed by atoms with van der Waals surface area (Å²) in [5.74, 6) is -2.04. The summed E-state index contributed by atoms with van der Waals surface area (Å²) in [6.07, 6.45) is 0.942. The predicted molar refractivity (Wildman–Crippen MR) is 95.2 cm³/mol. The van der Waals surface area contributed by atoms with E-state index in [1.54, 1.807) is 24.3 Å². The van der Waals surface area contributed by atoms with Crippen LogP contribution in [0.4, 0.5) is 4.39 Å². The summed E-state index contributed by atoms with van der Waals surface area (Å²) in [5, 5.41) is 20.3. The molecule has 0 aliphatic rings. The highest BCUT2D eigenvalue weighted by Crippen LogP contribution is 2.20. The highest BCUT2D eigenvalue weighted by atomic mass is 35.5. The molecule has 0 saturated heterocycles. The first-order valence-corrected chi connectivity index (χ1v) is 8.26. The third-order valence-electron chi connectivity index (χ3n) is 3.74. The number of hydrogen-bond acceptors (Lipinski definition) is 4. The van der Waals surface area contributed by atoms with Crippen molar-refractivity contribution in [2.45, 2.75) is 12.5 Å². The lowest BCUT2D eigenvalue weighted by molar-refractivity contribution is -0.137. The van der Waals surface area contributed by atoms with Crippen LogP contribution in [0.5, 0.6) is 0 Å². The zero-order chi connectivity index (χ0) is 19.4. The molecule has 0 radical (unpaired) electrons. The molecule has 3 aromatic rings. The molecule has 3 rings (SSSR count). The van der Waals surface area contributed by atoms with Gasteiger partial charge >= 0.3 is 5.97 Å². The van der Waals surface area contributed by atoms with Gasteiger partial charge in [0.2, 0.25) is 0 Å². The molecular weight excluding hydrogens is 375 g/mol. The van der Waals surface area contributed by atoms with Gasteiger partial charge in [0.15, 0.2) is 5.69 Å². The van der Waals surface area contributed by atoms with Gasteiger partial charge in [-0.2, -0.15) is 9.90 Å². The molecule has 138 valence electrons. The highest BCUT2D eigenvalue weighted by Gasteiger charge is 2.21. The Morgan fingerprint density at radius 3 is 2.44 bits per heavy atom. The lowest BCUT2D eigenvalue weighted by Gasteiger charge is -2.16. The fourth-order valence-electron chi connectivity index (χ4n) is 2.42. The van der Waals surface area contributed by atoms with Crippen LogP contribution in [0.25, 0.3) is 5.69 Å². The Morgan fingerprint density at radius 2 is 1.81 bits per heavy atom. The lowest BCUT2D eigenvalue weighted by atomic mass is 10.0. The van der Waals surface area contributed by atoms with Gasteiger partial charge < -0.3 is 10.4 Å². The Balaban J connectivity index is 1.78. The number of carbonyl (C=O) groups excluding carboxylic acids is 1. The SMILES string of the molecule is O=C(O)CC(NC(=O)c1cnn(-c2ccc(F)cc2)n1)c1ccc(Cl)cc1. The quantitative estimate of drug-likeness (QED) is 0.676. The van der Waals surface area contributed by atoms with Crippen LogP contribution in [0.15, 0.2) is 54.7 Å². The zero-order valence-corrected chi connectivity index (χ0v) is 14.6. The van der Waals surface area contributed by atoms with Crippen molar-refractivity contribution in [2.24, 2.45) is 0 Å². The smallest absolute Gasteiger partial charge is 0.305 e. The Kier molecular flexibility index (Phi) is 5.46. The van der Waals surface area contributed by atoms with Gasteiger partial charge in [-0.05, 0) is 42.0 Å². The standard InChI is InChI=1S/C18H14ClFN4O3/c19-12-3-1-11(2-4-12)15(9-17(25)26)22-18(27)16-10-21-24(23-16)14-7-5-13(20)6-8-14/h1-8,10,15H,9H2,(H,22,27)(H,25,26). The second-order valence-electron chi connectivity index (χ2n) is 5.67. The van der Waals surface area contributed by atoms with Crippen LogP contribution >= 0.6 is 11.6 Å². The molecule has 27 heavy (non-hydrogen) atoms. The zero-order valence-electron chi connectivity index (χ0n) is 13.8. The molecule has 1 unspecified atom stereocenters. The Labute approximate surface area is 158 Å². The summed E-state index contributed by atoms with van der Waals surface area (Å²) in [7, 11) is 0. The third kappa shape index (κ3) is 4.68. The van der Waals surface area contributed by atoms with E-state index in [4.69, 9.17) is 16.7 Å². The van der Waals surface area contributed by atoms with Gasteiger partial charge in [0.05, 0.1) is 24.3 Å². The molecule has 0 aliphatic carbocycles. The second kappa shape index (κ2) is 7.96. The Morgan fingerprint density at radius 1 is 1.15 bits per heavy atom. The molecule has 1 heterocycles. The molecule has 1 aromatic heterocycles. The normalized spacial score (nSPS) is 11.8. The largest absolute Gasteiger partial charge is 0.481 e. The van der Waals surface area contributed by atoms with Crippen LogP contribution in [0, 0.1) is 5.82 Å². The Bertz CT molecular complexity index is 957. The number of nitrogens with zero attached hydrogens (tertiary/aromatic N) is 3. The molecule has 7 nitrogen and oxygen atoms in total. The van der Waals surface area contributed by atoms with Crippen LogP contribution in [0.2, 0.25) is 5.02 Å². The maximum absolute atomic E-state index is 13.0. The maximum Gasteiger partial charge on any atom is 0.305 e. The number of halogens is 2. The van der Waals surface area contributed by atoms with E-state index < -0.39 is 23.7 Å². The number of amides is 1. The minimum Gasteiger partial charge on any atom is -0.481 e. The van der Waals surface area contributed by atoms with E-state index in [-0.39, 0.29) is 12.1 Å². The number of carboxylic acids is 1. The van der Waals surface area contributed by atoms with Crippen molar-refractivity contribution in [1.82, 2.24) is 20.3 Å². The molecule has 9 heteroatoms. The minimum atomic E-state index is -1.06. The first-order valence-electron chi connectivity index (χ1n) is 7.89. The van der Waals surface area contributed by atoms with E-state index in [0.29, 0.717) is 16.3 Å². The van der Waals surface area contributed by atoms with Gasteiger partial charge in [0, 0.05) is 5.02 Å². The molecule has 2 aromatic carbocycles.